The summed E-state index contributed by atoms with van der Waals surface area (Å²) in [5.41, 5.74) is 4.21. The van der Waals surface area contributed by atoms with Crippen LogP contribution in [0, 0.1) is 28.6 Å². The van der Waals surface area contributed by atoms with E-state index in [9.17, 15) is 14.4 Å². The Balaban J connectivity index is 1.24. The monoisotopic (exact) mass is 466 g/mol. The van der Waals surface area contributed by atoms with Crippen LogP contribution in [0.2, 0.25) is 0 Å². The first kappa shape index (κ1) is 23.6. The highest BCUT2D eigenvalue weighted by molar-refractivity contribution is 5.87. The Labute approximate surface area is 203 Å². The molecule has 0 N–H and O–H groups in total. The van der Waals surface area contributed by atoms with Crippen LogP contribution in [-0.4, -0.2) is 30.4 Å². The molecule has 5 heteroatoms. The number of carbonyl (C=O) groups excluding carboxylic acids is 3. The maximum Gasteiger partial charge on any atom is 0.331 e. The van der Waals surface area contributed by atoms with Crippen LogP contribution in [0.3, 0.4) is 0 Å². The van der Waals surface area contributed by atoms with Crippen LogP contribution in [0.4, 0.5) is 0 Å². The second kappa shape index (κ2) is 8.80. The van der Waals surface area contributed by atoms with Crippen molar-refractivity contribution in [1.82, 2.24) is 0 Å². The van der Waals surface area contributed by atoms with E-state index >= 15 is 0 Å². The minimum atomic E-state index is -0.218. The molecule has 1 aliphatic heterocycles. The molecule has 0 aromatic carbocycles. The average Bonchev–Trinajstić information content (AvgIpc) is 3.39. The number of esters is 2. The minimum absolute atomic E-state index is 0.00137. The number of cyclic esters (lactones) is 1. The zero-order valence-electron chi connectivity index (χ0n) is 20.9. The quantitative estimate of drug-likeness (QED) is 0.474. The summed E-state index contributed by atoms with van der Waals surface area (Å²) in [7, 11) is 0. The number of allylic oxidation sites excluding steroid dienone is 3. The summed E-state index contributed by atoms with van der Waals surface area (Å²) < 4.78 is 11.0. The topological polar surface area (TPSA) is 69.7 Å². The molecule has 4 aliphatic carbocycles. The number of fused-ring (bicyclic) bond motifs is 5. The van der Waals surface area contributed by atoms with Crippen LogP contribution >= 0.6 is 0 Å². The molecule has 3 fully saturated rings. The van der Waals surface area contributed by atoms with Crippen molar-refractivity contribution in [2.45, 2.75) is 91.1 Å². The first-order valence-corrected chi connectivity index (χ1v) is 13.3. The van der Waals surface area contributed by atoms with E-state index < -0.39 is 0 Å². The van der Waals surface area contributed by atoms with E-state index in [2.05, 4.69) is 26.0 Å². The molecule has 0 spiro atoms. The fraction of sp³-hybridized carbons (Fsp3) is 0.690. The van der Waals surface area contributed by atoms with E-state index in [4.69, 9.17) is 9.47 Å². The Bertz CT molecular complexity index is 986. The fourth-order valence-corrected chi connectivity index (χ4v) is 7.97. The predicted molar refractivity (Wildman–Crippen MR) is 129 cm³/mol. The van der Waals surface area contributed by atoms with Crippen molar-refractivity contribution in [1.29, 1.82) is 0 Å². The van der Waals surface area contributed by atoms with Gasteiger partial charge in [0.25, 0.3) is 0 Å². The van der Waals surface area contributed by atoms with Gasteiger partial charge in [-0.2, -0.15) is 0 Å². The van der Waals surface area contributed by atoms with Crippen LogP contribution in [0.25, 0.3) is 0 Å². The summed E-state index contributed by atoms with van der Waals surface area (Å²) in [6.45, 7) is 7.10. The van der Waals surface area contributed by atoms with Crippen molar-refractivity contribution in [3.8, 4) is 0 Å². The number of hydrogen-bond donors (Lipinski definition) is 0. The van der Waals surface area contributed by atoms with Crippen molar-refractivity contribution in [3.05, 3.63) is 34.9 Å². The summed E-state index contributed by atoms with van der Waals surface area (Å²) in [6.07, 6.45) is 14.9. The lowest BCUT2D eigenvalue weighted by atomic mass is 9.46. The molecule has 5 rings (SSSR count). The molecule has 184 valence electrons. The molecule has 5 aliphatic rings. The van der Waals surface area contributed by atoms with Gasteiger partial charge >= 0.3 is 11.9 Å². The Morgan fingerprint density at radius 3 is 2.65 bits per heavy atom. The van der Waals surface area contributed by atoms with Gasteiger partial charge in [0.2, 0.25) is 0 Å². The van der Waals surface area contributed by atoms with Gasteiger partial charge in [-0.05, 0) is 73.7 Å². The van der Waals surface area contributed by atoms with Crippen LogP contribution in [-0.2, 0) is 23.9 Å². The van der Waals surface area contributed by atoms with E-state index in [0.717, 1.165) is 31.3 Å². The van der Waals surface area contributed by atoms with Crippen molar-refractivity contribution in [2.75, 3.05) is 6.61 Å². The Morgan fingerprint density at radius 1 is 1.09 bits per heavy atom. The Kier molecular flexibility index (Phi) is 6.10. The normalized spacial score (nSPS) is 38.6. The minimum Gasteiger partial charge on any atom is -0.462 e. The second-order valence-electron chi connectivity index (χ2n) is 11.6. The van der Waals surface area contributed by atoms with Gasteiger partial charge in [-0.25, -0.2) is 4.79 Å². The molecule has 0 unspecified atom stereocenters. The number of Topliss-reactive ketones (excluding diaryl/α,β-unsaturated/α-hetero) is 1. The van der Waals surface area contributed by atoms with Gasteiger partial charge in [-0.1, -0.05) is 38.5 Å². The molecule has 34 heavy (non-hydrogen) atoms. The SMILES string of the molecule is CCC(=O)CCC(=O)O[C@H]1CC[C@@]2(C)[C@H](CC[C@H]3C4=CC=C(C5=CC(=O)OC5)[C@@]4(C)CC[C@@H]32)C1. The molecule has 3 saturated carbocycles. The summed E-state index contributed by atoms with van der Waals surface area (Å²) >= 11 is 0. The van der Waals surface area contributed by atoms with Crippen molar-refractivity contribution in [3.63, 3.8) is 0 Å². The van der Waals surface area contributed by atoms with Crippen LogP contribution < -0.4 is 0 Å². The van der Waals surface area contributed by atoms with Crippen LogP contribution in [0.1, 0.15) is 85.0 Å². The number of ketones is 1. The largest absolute Gasteiger partial charge is 0.462 e. The lowest BCUT2D eigenvalue weighted by Gasteiger charge is -2.59. The third kappa shape index (κ3) is 3.89. The van der Waals surface area contributed by atoms with Gasteiger partial charge in [0.05, 0.1) is 6.42 Å². The van der Waals surface area contributed by atoms with E-state index in [0.29, 0.717) is 37.2 Å². The lowest BCUT2D eigenvalue weighted by Crippen LogP contribution is -2.52. The molecule has 0 aromatic rings. The van der Waals surface area contributed by atoms with E-state index in [-0.39, 0.29) is 41.1 Å². The Morgan fingerprint density at radius 2 is 1.91 bits per heavy atom. The van der Waals surface area contributed by atoms with Gasteiger partial charge < -0.3 is 9.47 Å². The molecule has 0 saturated heterocycles. The van der Waals surface area contributed by atoms with Gasteiger partial charge in [0.1, 0.15) is 18.5 Å². The second-order valence-corrected chi connectivity index (χ2v) is 11.6. The maximum atomic E-state index is 12.3. The number of carbonyl (C=O) groups is 3. The zero-order chi connectivity index (χ0) is 24.1. The van der Waals surface area contributed by atoms with E-state index in [1.165, 1.54) is 24.8 Å². The van der Waals surface area contributed by atoms with E-state index in [1.807, 2.05) is 6.92 Å². The van der Waals surface area contributed by atoms with E-state index in [1.54, 1.807) is 11.6 Å². The summed E-state index contributed by atoms with van der Waals surface area (Å²) in [6, 6.07) is 0. The molecule has 0 aromatic heterocycles. The first-order valence-electron chi connectivity index (χ1n) is 13.3. The van der Waals surface area contributed by atoms with Gasteiger partial charge in [0, 0.05) is 29.9 Å². The van der Waals surface area contributed by atoms with Crippen LogP contribution in [0.5, 0.6) is 0 Å². The molecule has 0 bridgehead atoms. The fourth-order valence-electron chi connectivity index (χ4n) is 7.97. The van der Waals surface area contributed by atoms with Crippen molar-refractivity contribution >= 4 is 17.7 Å². The average molecular weight is 467 g/mol. The van der Waals surface area contributed by atoms with Gasteiger partial charge in [0.15, 0.2) is 0 Å². The molecule has 1 heterocycles. The van der Waals surface area contributed by atoms with Crippen molar-refractivity contribution in [2.24, 2.45) is 28.6 Å². The molecule has 6 atom stereocenters. The van der Waals surface area contributed by atoms with Crippen LogP contribution in [0.15, 0.2) is 34.9 Å². The number of hydrogen-bond acceptors (Lipinski definition) is 5. The Hall–Kier alpha value is -2.17. The molecular weight excluding hydrogens is 428 g/mol. The molecule has 0 amide bonds. The third-order valence-corrected chi connectivity index (χ3v) is 9.97. The molecular formula is C29H38O5. The zero-order valence-corrected chi connectivity index (χ0v) is 20.9. The summed E-state index contributed by atoms with van der Waals surface area (Å²) in [4.78, 5) is 35.5. The first-order chi connectivity index (χ1) is 16.2. The van der Waals surface area contributed by atoms with Crippen molar-refractivity contribution < 1.29 is 23.9 Å². The summed E-state index contributed by atoms with van der Waals surface area (Å²) in [5.74, 6) is 1.53. The lowest BCUT2D eigenvalue weighted by molar-refractivity contribution is -0.158. The summed E-state index contributed by atoms with van der Waals surface area (Å²) in [5, 5.41) is 0. The highest BCUT2D eigenvalue weighted by Crippen LogP contribution is 2.65. The highest BCUT2D eigenvalue weighted by atomic mass is 16.5. The third-order valence-electron chi connectivity index (χ3n) is 9.97. The number of rotatable bonds is 6. The highest BCUT2D eigenvalue weighted by Gasteiger charge is 2.57. The molecule has 5 nitrogen and oxygen atoms in total. The predicted octanol–water partition coefficient (Wildman–Crippen LogP) is 5.64. The maximum absolute atomic E-state index is 12.3. The standard InChI is InChI=1S/C29H38O5/c1-4-20(30)6-10-26(31)34-21-11-13-28(2)19(16-21)5-7-22-24-9-8-23(18-15-27(32)33-17-18)29(24,3)14-12-25(22)28/h8-9,15,19,21-22,25H,4-7,10-14,16-17H2,1-3H3/t19-,21+,22+,25+,28+,29-/m1/s1. The molecule has 0 radical (unpaired) electrons. The van der Waals surface area contributed by atoms with Gasteiger partial charge in [-0.15, -0.1) is 0 Å². The number of ether oxygens (including phenoxy) is 2. The smallest absolute Gasteiger partial charge is 0.331 e. The van der Waals surface area contributed by atoms with Gasteiger partial charge in [-0.3, -0.25) is 9.59 Å².